The van der Waals surface area contributed by atoms with Crippen LogP contribution in [0.1, 0.15) is 29.4 Å². The first-order chi connectivity index (χ1) is 10.0. The quantitative estimate of drug-likeness (QED) is 0.860. The van der Waals surface area contributed by atoms with E-state index in [0.717, 1.165) is 0 Å². The van der Waals surface area contributed by atoms with Gasteiger partial charge >= 0.3 is 5.97 Å². The molecule has 0 spiro atoms. The highest BCUT2D eigenvalue weighted by Crippen LogP contribution is 2.12. The SMILES string of the molecule is CCC(NC(=O)c1cnn(-c2ccccn2)c1C)C(=O)O. The number of nitrogens with one attached hydrogen (secondary N) is 1. The Balaban J connectivity index is 2.24. The summed E-state index contributed by atoms with van der Waals surface area (Å²) < 4.78 is 1.54. The lowest BCUT2D eigenvalue weighted by atomic mass is 10.2. The highest BCUT2D eigenvalue weighted by Gasteiger charge is 2.21. The number of carboxylic acid groups (broad SMARTS) is 1. The van der Waals surface area contributed by atoms with E-state index in [1.165, 1.54) is 10.9 Å². The number of pyridine rings is 1. The van der Waals surface area contributed by atoms with Gasteiger partial charge in [-0.15, -0.1) is 0 Å². The summed E-state index contributed by atoms with van der Waals surface area (Å²) in [6, 6.07) is 4.47. The van der Waals surface area contributed by atoms with Crippen LogP contribution in [0.25, 0.3) is 5.82 Å². The smallest absolute Gasteiger partial charge is 0.326 e. The van der Waals surface area contributed by atoms with Gasteiger partial charge in [0, 0.05) is 6.20 Å². The normalized spacial score (nSPS) is 11.9. The number of aromatic nitrogens is 3. The molecular weight excluding hydrogens is 272 g/mol. The zero-order valence-electron chi connectivity index (χ0n) is 11.8. The van der Waals surface area contributed by atoms with Gasteiger partial charge in [-0.05, 0) is 25.5 Å². The lowest BCUT2D eigenvalue weighted by molar-refractivity contribution is -0.139. The summed E-state index contributed by atoms with van der Waals surface area (Å²) >= 11 is 0. The van der Waals surface area contributed by atoms with E-state index < -0.39 is 17.9 Å². The molecule has 21 heavy (non-hydrogen) atoms. The second kappa shape index (κ2) is 6.17. The third kappa shape index (κ3) is 3.07. The molecule has 0 saturated carbocycles. The maximum atomic E-state index is 12.1. The fraction of sp³-hybridized carbons (Fsp3) is 0.286. The van der Waals surface area contributed by atoms with E-state index in [2.05, 4.69) is 15.4 Å². The van der Waals surface area contributed by atoms with Crippen LogP contribution in [0.15, 0.2) is 30.6 Å². The number of nitrogens with zero attached hydrogens (tertiary/aromatic N) is 3. The molecule has 2 N–H and O–H groups in total. The van der Waals surface area contributed by atoms with Crippen LogP contribution >= 0.6 is 0 Å². The summed E-state index contributed by atoms with van der Waals surface area (Å²) in [5.74, 6) is -0.913. The van der Waals surface area contributed by atoms with Gasteiger partial charge in [-0.2, -0.15) is 5.10 Å². The van der Waals surface area contributed by atoms with Crippen LogP contribution in [0.3, 0.4) is 0 Å². The number of carbonyl (C=O) groups excluding carboxylic acids is 1. The zero-order valence-corrected chi connectivity index (χ0v) is 11.8. The Hall–Kier alpha value is -2.70. The summed E-state index contributed by atoms with van der Waals surface area (Å²) in [5, 5.41) is 15.6. The molecule has 0 aliphatic carbocycles. The number of rotatable bonds is 5. The van der Waals surface area contributed by atoms with Crippen molar-refractivity contribution in [2.75, 3.05) is 0 Å². The van der Waals surface area contributed by atoms with Crippen LogP contribution in [-0.4, -0.2) is 37.8 Å². The monoisotopic (exact) mass is 288 g/mol. The Morgan fingerprint density at radius 1 is 1.43 bits per heavy atom. The largest absolute Gasteiger partial charge is 0.480 e. The van der Waals surface area contributed by atoms with Crippen LogP contribution in [0, 0.1) is 6.92 Å². The van der Waals surface area contributed by atoms with Gasteiger partial charge in [0.2, 0.25) is 0 Å². The Morgan fingerprint density at radius 3 is 2.76 bits per heavy atom. The average Bonchev–Trinajstić information content (AvgIpc) is 2.87. The first kappa shape index (κ1) is 14.7. The van der Waals surface area contributed by atoms with E-state index >= 15 is 0 Å². The Morgan fingerprint density at radius 2 is 2.19 bits per heavy atom. The summed E-state index contributed by atoms with van der Waals surface area (Å²) in [6.45, 7) is 3.43. The van der Waals surface area contributed by atoms with Gasteiger partial charge in [-0.3, -0.25) is 4.79 Å². The van der Waals surface area contributed by atoms with Gasteiger partial charge in [0.15, 0.2) is 5.82 Å². The van der Waals surface area contributed by atoms with Gasteiger partial charge in [-0.25, -0.2) is 14.5 Å². The van der Waals surface area contributed by atoms with Gasteiger partial charge in [0.25, 0.3) is 5.91 Å². The average molecular weight is 288 g/mol. The molecule has 0 radical (unpaired) electrons. The molecule has 0 saturated heterocycles. The number of amides is 1. The van der Waals surface area contributed by atoms with Crippen molar-refractivity contribution in [2.24, 2.45) is 0 Å². The number of hydrogen-bond acceptors (Lipinski definition) is 4. The molecule has 1 unspecified atom stereocenters. The first-order valence-corrected chi connectivity index (χ1v) is 6.54. The van der Waals surface area contributed by atoms with Gasteiger partial charge in [0.1, 0.15) is 6.04 Å². The summed E-state index contributed by atoms with van der Waals surface area (Å²) in [5.41, 5.74) is 0.937. The van der Waals surface area contributed by atoms with Crippen LogP contribution in [-0.2, 0) is 4.79 Å². The molecule has 1 amide bonds. The Labute approximate surface area is 121 Å². The maximum Gasteiger partial charge on any atom is 0.326 e. The van der Waals surface area contributed by atoms with Crippen LogP contribution < -0.4 is 5.32 Å². The second-order valence-electron chi connectivity index (χ2n) is 4.52. The molecule has 0 fully saturated rings. The molecule has 2 aromatic heterocycles. The third-order valence-electron chi connectivity index (χ3n) is 3.13. The zero-order chi connectivity index (χ0) is 15.4. The summed E-state index contributed by atoms with van der Waals surface area (Å²) in [7, 11) is 0. The highest BCUT2D eigenvalue weighted by molar-refractivity contribution is 5.97. The molecule has 0 aromatic carbocycles. The van der Waals surface area contributed by atoms with Crippen molar-refractivity contribution in [1.82, 2.24) is 20.1 Å². The Bertz CT molecular complexity index is 651. The minimum Gasteiger partial charge on any atom is -0.480 e. The van der Waals surface area contributed by atoms with Crippen molar-refractivity contribution in [3.8, 4) is 5.82 Å². The Kier molecular flexibility index (Phi) is 4.32. The van der Waals surface area contributed by atoms with E-state index in [4.69, 9.17) is 5.11 Å². The maximum absolute atomic E-state index is 12.1. The van der Waals surface area contributed by atoms with Crippen molar-refractivity contribution in [3.63, 3.8) is 0 Å². The van der Waals surface area contributed by atoms with E-state index in [1.54, 1.807) is 32.2 Å². The fourth-order valence-corrected chi connectivity index (χ4v) is 1.92. The summed E-state index contributed by atoms with van der Waals surface area (Å²) in [4.78, 5) is 27.3. The van der Waals surface area contributed by atoms with E-state index in [1.807, 2.05) is 6.07 Å². The minimum absolute atomic E-state index is 0.314. The van der Waals surface area contributed by atoms with Crippen LogP contribution in [0.5, 0.6) is 0 Å². The van der Waals surface area contributed by atoms with Gasteiger partial charge in [-0.1, -0.05) is 13.0 Å². The predicted molar refractivity (Wildman–Crippen MR) is 75.3 cm³/mol. The topological polar surface area (TPSA) is 97.1 Å². The fourth-order valence-electron chi connectivity index (χ4n) is 1.92. The minimum atomic E-state index is -1.05. The summed E-state index contributed by atoms with van der Waals surface area (Å²) in [6.07, 6.45) is 3.36. The number of hydrogen-bond donors (Lipinski definition) is 2. The van der Waals surface area contributed by atoms with Crippen LogP contribution in [0.4, 0.5) is 0 Å². The molecule has 0 aliphatic heterocycles. The first-order valence-electron chi connectivity index (χ1n) is 6.54. The molecule has 110 valence electrons. The standard InChI is InChI=1S/C14H16N4O3/c1-3-11(14(20)21)17-13(19)10-8-16-18(9(10)2)12-6-4-5-7-15-12/h4-8,11H,3H2,1-2H3,(H,17,19)(H,20,21). The number of aliphatic carboxylic acids is 1. The number of carbonyl (C=O) groups is 2. The molecular formula is C14H16N4O3. The van der Waals surface area contributed by atoms with Crippen molar-refractivity contribution in [1.29, 1.82) is 0 Å². The molecule has 2 heterocycles. The van der Waals surface area contributed by atoms with Gasteiger partial charge in [0.05, 0.1) is 17.5 Å². The van der Waals surface area contributed by atoms with Crippen molar-refractivity contribution in [2.45, 2.75) is 26.3 Å². The predicted octanol–water partition coefficient (Wildman–Crippen LogP) is 1.17. The van der Waals surface area contributed by atoms with Crippen molar-refractivity contribution in [3.05, 3.63) is 41.9 Å². The molecule has 2 rings (SSSR count). The van der Waals surface area contributed by atoms with Crippen LogP contribution in [0.2, 0.25) is 0 Å². The molecule has 7 nitrogen and oxygen atoms in total. The van der Waals surface area contributed by atoms with Crippen molar-refractivity contribution < 1.29 is 14.7 Å². The molecule has 1 atom stereocenters. The highest BCUT2D eigenvalue weighted by atomic mass is 16.4. The molecule has 0 bridgehead atoms. The third-order valence-corrected chi connectivity index (χ3v) is 3.13. The van der Waals surface area contributed by atoms with Crippen molar-refractivity contribution >= 4 is 11.9 Å². The lowest BCUT2D eigenvalue weighted by Crippen LogP contribution is -2.40. The molecule has 7 heteroatoms. The second-order valence-corrected chi connectivity index (χ2v) is 4.52. The number of carboxylic acids is 1. The van der Waals surface area contributed by atoms with E-state index in [9.17, 15) is 9.59 Å². The van der Waals surface area contributed by atoms with E-state index in [-0.39, 0.29) is 0 Å². The van der Waals surface area contributed by atoms with E-state index in [0.29, 0.717) is 23.5 Å². The molecule has 0 aliphatic rings. The molecule has 2 aromatic rings. The van der Waals surface area contributed by atoms with Gasteiger partial charge < -0.3 is 10.4 Å². The lowest BCUT2D eigenvalue weighted by Gasteiger charge is -2.11.